The number of hydrogen-bond acceptors (Lipinski definition) is 2. The Bertz CT molecular complexity index is 257. The van der Waals surface area contributed by atoms with E-state index >= 15 is 0 Å². The number of nitrogens with zero attached hydrogens (tertiary/aromatic N) is 2. The molecule has 0 spiro atoms. The van der Waals surface area contributed by atoms with E-state index in [2.05, 4.69) is 44.2 Å². The Labute approximate surface area is 80.1 Å². The molecule has 1 heterocycles. The molecule has 0 fully saturated rings. The minimum Gasteiger partial charge on any atom is -0.311 e. The van der Waals surface area contributed by atoms with Gasteiger partial charge < -0.3 is 5.32 Å². The van der Waals surface area contributed by atoms with Crippen LogP contribution in [0.15, 0.2) is 12.3 Å². The summed E-state index contributed by atoms with van der Waals surface area (Å²) in [6.45, 7) is 10.4. The third-order valence-corrected chi connectivity index (χ3v) is 1.89. The highest BCUT2D eigenvalue weighted by atomic mass is 15.3. The second-order valence-electron chi connectivity index (χ2n) is 4.20. The smallest absolute Gasteiger partial charge is 0.0762 e. The normalized spacial score (nSPS) is 12.0. The van der Waals surface area contributed by atoms with Crippen molar-refractivity contribution in [1.82, 2.24) is 15.1 Å². The van der Waals surface area contributed by atoms with Gasteiger partial charge in [-0.25, -0.2) is 0 Å². The zero-order valence-corrected chi connectivity index (χ0v) is 8.96. The average Bonchev–Trinajstić information content (AvgIpc) is 2.47. The van der Waals surface area contributed by atoms with E-state index in [4.69, 9.17) is 0 Å². The molecule has 0 saturated carbocycles. The van der Waals surface area contributed by atoms with Crippen LogP contribution in [0.4, 0.5) is 0 Å². The fraction of sp³-hybridized carbons (Fsp3) is 0.700. The zero-order valence-electron chi connectivity index (χ0n) is 8.96. The molecule has 1 rings (SSSR count). The number of hydrogen-bond donors (Lipinski definition) is 1. The van der Waals surface area contributed by atoms with Gasteiger partial charge in [0, 0.05) is 12.7 Å². The first kappa shape index (κ1) is 10.3. The molecule has 1 N–H and O–H groups in total. The van der Waals surface area contributed by atoms with Crippen LogP contribution in [0.25, 0.3) is 0 Å². The van der Waals surface area contributed by atoms with E-state index in [0.717, 1.165) is 18.8 Å². The molecule has 13 heavy (non-hydrogen) atoms. The lowest BCUT2D eigenvalue weighted by Gasteiger charge is -2.18. The molecule has 0 saturated heterocycles. The minimum atomic E-state index is 0.0878. The molecule has 74 valence electrons. The van der Waals surface area contributed by atoms with Crippen LogP contribution in [0.5, 0.6) is 0 Å². The van der Waals surface area contributed by atoms with E-state index in [9.17, 15) is 0 Å². The van der Waals surface area contributed by atoms with Gasteiger partial charge >= 0.3 is 0 Å². The van der Waals surface area contributed by atoms with Gasteiger partial charge in [0.15, 0.2) is 0 Å². The molecule has 0 aliphatic heterocycles. The summed E-state index contributed by atoms with van der Waals surface area (Å²) in [5.74, 6) is 0. The van der Waals surface area contributed by atoms with Gasteiger partial charge in [-0.3, -0.25) is 4.68 Å². The van der Waals surface area contributed by atoms with Crippen molar-refractivity contribution in [2.24, 2.45) is 0 Å². The second kappa shape index (κ2) is 3.92. The summed E-state index contributed by atoms with van der Waals surface area (Å²) >= 11 is 0. The Morgan fingerprint density at radius 2 is 2.15 bits per heavy atom. The van der Waals surface area contributed by atoms with Crippen molar-refractivity contribution < 1.29 is 0 Å². The van der Waals surface area contributed by atoms with E-state index < -0.39 is 0 Å². The standard InChI is InChI=1S/C10H19N3/c1-5-11-8-9-6-7-13(12-9)10(2,3)4/h6-7,11H,5,8H2,1-4H3. The molecule has 0 aromatic carbocycles. The predicted molar refractivity (Wildman–Crippen MR) is 54.6 cm³/mol. The molecule has 0 aliphatic carbocycles. The third-order valence-electron chi connectivity index (χ3n) is 1.89. The summed E-state index contributed by atoms with van der Waals surface area (Å²) in [5.41, 5.74) is 1.20. The fourth-order valence-corrected chi connectivity index (χ4v) is 1.08. The Balaban J connectivity index is 2.64. The second-order valence-corrected chi connectivity index (χ2v) is 4.20. The van der Waals surface area contributed by atoms with Crippen molar-refractivity contribution in [3.8, 4) is 0 Å². The van der Waals surface area contributed by atoms with Crippen molar-refractivity contribution in [3.05, 3.63) is 18.0 Å². The van der Waals surface area contributed by atoms with E-state index in [0.29, 0.717) is 0 Å². The SMILES string of the molecule is CCNCc1ccn(C(C)(C)C)n1. The molecular formula is C10H19N3. The molecule has 0 radical (unpaired) electrons. The van der Waals surface area contributed by atoms with Gasteiger partial charge in [0.1, 0.15) is 0 Å². The summed E-state index contributed by atoms with van der Waals surface area (Å²) in [5, 5.41) is 7.73. The molecule has 1 aromatic rings. The monoisotopic (exact) mass is 181 g/mol. The lowest BCUT2D eigenvalue weighted by atomic mass is 10.1. The highest BCUT2D eigenvalue weighted by Gasteiger charge is 2.13. The van der Waals surface area contributed by atoms with Crippen molar-refractivity contribution in [3.63, 3.8) is 0 Å². The summed E-state index contributed by atoms with van der Waals surface area (Å²) < 4.78 is 2.00. The molecule has 3 heteroatoms. The Morgan fingerprint density at radius 3 is 2.62 bits per heavy atom. The molecule has 1 aromatic heterocycles. The number of nitrogens with one attached hydrogen (secondary N) is 1. The van der Waals surface area contributed by atoms with Crippen LogP contribution in [0.2, 0.25) is 0 Å². The van der Waals surface area contributed by atoms with Crippen LogP contribution >= 0.6 is 0 Å². The highest BCUT2D eigenvalue weighted by molar-refractivity contribution is 5.00. The molecule has 3 nitrogen and oxygen atoms in total. The van der Waals surface area contributed by atoms with Crippen LogP contribution in [0.1, 0.15) is 33.4 Å². The average molecular weight is 181 g/mol. The Hall–Kier alpha value is -0.830. The van der Waals surface area contributed by atoms with E-state index in [-0.39, 0.29) is 5.54 Å². The minimum absolute atomic E-state index is 0.0878. The van der Waals surface area contributed by atoms with Crippen LogP contribution in [-0.2, 0) is 12.1 Å². The van der Waals surface area contributed by atoms with Gasteiger partial charge in [-0.1, -0.05) is 6.92 Å². The Kier molecular flexibility index (Phi) is 3.09. The molecule has 0 aliphatic rings. The topological polar surface area (TPSA) is 29.9 Å². The van der Waals surface area contributed by atoms with Gasteiger partial charge in [0.05, 0.1) is 11.2 Å². The van der Waals surface area contributed by atoms with Crippen LogP contribution in [0, 0.1) is 0 Å². The Morgan fingerprint density at radius 1 is 1.46 bits per heavy atom. The maximum Gasteiger partial charge on any atom is 0.0762 e. The lowest BCUT2D eigenvalue weighted by molar-refractivity contribution is 0.352. The van der Waals surface area contributed by atoms with E-state index in [1.807, 2.05) is 10.9 Å². The van der Waals surface area contributed by atoms with Crippen LogP contribution in [0.3, 0.4) is 0 Å². The number of aromatic nitrogens is 2. The molecule has 0 unspecified atom stereocenters. The van der Waals surface area contributed by atoms with Crippen LogP contribution < -0.4 is 5.32 Å². The quantitative estimate of drug-likeness (QED) is 0.770. The summed E-state index contributed by atoms with van der Waals surface area (Å²) in [6, 6.07) is 2.06. The van der Waals surface area contributed by atoms with Gasteiger partial charge in [-0.15, -0.1) is 0 Å². The molecule has 0 amide bonds. The van der Waals surface area contributed by atoms with Crippen molar-refractivity contribution in [1.29, 1.82) is 0 Å². The summed E-state index contributed by atoms with van der Waals surface area (Å²) in [7, 11) is 0. The van der Waals surface area contributed by atoms with Crippen molar-refractivity contribution in [2.45, 2.75) is 39.8 Å². The largest absolute Gasteiger partial charge is 0.311 e. The van der Waals surface area contributed by atoms with Crippen LogP contribution in [-0.4, -0.2) is 16.3 Å². The molecule has 0 atom stereocenters. The van der Waals surface area contributed by atoms with Gasteiger partial charge in [0.2, 0.25) is 0 Å². The van der Waals surface area contributed by atoms with E-state index in [1.165, 1.54) is 0 Å². The first-order valence-corrected chi connectivity index (χ1v) is 4.80. The lowest BCUT2D eigenvalue weighted by Crippen LogP contribution is -2.23. The third kappa shape index (κ3) is 2.84. The number of rotatable bonds is 3. The molecule has 0 bridgehead atoms. The maximum atomic E-state index is 4.47. The zero-order chi connectivity index (χ0) is 9.90. The molecular weight excluding hydrogens is 162 g/mol. The van der Waals surface area contributed by atoms with Crippen molar-refractivity contribution >= 4 is 0 Å². The summed E-state index contributed by atoms with van der Waals surface area (Å²) in [6.07, 6.45) is 2.03. The fourth-order valence-electron chi connectivity index (χ4n) is 1.08. The summed E-state index contributed by atoms with van der Waals surface area (Å²) in [4.78, 5) is 0. The van der Waals surface area contributed by atoms with Gasteiger partial charge in [-0.05, 0) is 33.4 Å². The van der Waals surface area contributed by atoms with E-state index in [1.54, 1.807) is 0 Å². The predicted octanol–water partition coefficient (Wildman–Crippen LogP) is 1.75. The maximum absolute atomic E-state index is 4.47. The highest BCUT2D eigenvalue weighted by Crippen LogP contribution is 2.12. The van der Waals surface area contributed by atoms with Gasteiger partial charge in [-0.2, -0.15) is 5.10 Å². The first-order valence-electron chi connectivity index (χ1n) is 4.80. The first-order chi connectivity index (χ1) is 6.04. The van der Waals surface area contributed by atoms with Crippen molar-refractivity contribution in [2.75, 3.05) is 6.54 Å². The van der Waals surface area contributed by atoms with Gasteiger partial charge in [0.25, 0.3) is 0 Å².